The number of likely N-dealkylation sites (N-methyl/N-ethyl adjacent to an activating group) is 1. The van der Waals surface area contributed by atoms with Gasteiger partial charge in [0.15, 0.2) is 0 Å². The molecule has 0 fully saturated rings. The van der Waals surface area contributed by atoms with Crippen LogP contribution in [0.25, 0.3) is 0 Å². The fourth-order valence-electron chi connectivity index (χ4n) is 2.24. The van der Waals surface area contributed by atoms with Crippen molar-refractivity contribution >= 4 is 0 Å². The molecule has 0 aliphatic heterocycles. The Kier molecular flexibility index (Phi) is 4.76. The highest BCUT2D eigenvalue weighted by atomic mass is 16.5. The van der Waals surface area contributed by atoms with Crippen LogP contribution in [-0.4, -0.2) is 35.4 Å². The van der Waals surface area contributed by atoms with E-state index in [1.165, 1.54) is 5.56 Å². The second-order valence-corrected chi connectivity index (χ2v) is 5.10. The van der Waals surface area contributed by atoms with Crippen LogP contribution in [0.4, 0.5) is 0 Å². The number of aryl methyl sites for hydroxylation is 1. The number of benzene rings is 1. The molecule has 0 aliphatic carbocycles. The van der Waals surface area contributed by atoms with Gasteiger partial charge in [0.2, 0.25) is 0 Å². The monoisotopic (exact) mass is 274 g/mol. The van der Waals surface area contributed by atoms with E-state index in [-0.39, 0.29) is 6.04 Å². The molecular formula is C15H22N4O. The molecule has 2 aromatic rings. The molecule has 1 unspecified atom stereocenters. The molecule has 5 heteroatoms. The summed E-state index contributed by atoms with van der Waals surface area (Å²) >= 11 is 0. The predicted octanol–water partition coefficient (Wildman–Crippen LogP) is 1.56. The van der Waals surface area contributed by atoms with Crippen LogP contribution in [0.3, 0.4) is 0 Å². The first kappa shape index (κ1) is 14.6. The van der Waals surface area contributed by atoms with Crippen molar-refractivity contribution in [2.75, 3.05) is 20.7 Å². The Balaban J connectivity index is 1.94. The van der Waals surface area contributed by atoms with E-state index in [4.69, 9.17) is 10.5 Å². The molecule has 2 rings (SSSR count). The predicted molar refractivity (Wildman–Crippen MR) is 79.5 cm³/mol. The van der Waals surface area contributed by atoms with Gasteiger partial charge in [-0.3, -0.25) is 4.68 Å². The van der Waals surface area contributed by atoms with Gasteiger partial charge in [0, 0.05) is 37.9 Å². The first-order valence-corrected chi connectivity index (χ1v) is 6.64. The number of rotatable bonds is 6. The van der Waals surface area contributed by atoms with Crippen molar-refractivity contribution in [3.63, 3.8) is 0 Å². The van der Waals surface area contributed by atoms with Gasteiger partial charge in [0.05, 0.1) is 13.3 Å². The van der Waals surface area contributed by atoms with Crippen LogP contribution in [0.15, 0.2) is 36.7 Å². The second-order valence-electron chi connectivity index (χ2n) is 5.10. The number of ether oxygens (including phenoxy) is 1. The van der Waals surface area contributed by atoms with E-state index in [0.717, 1.165) is 24.4 Å². The van der Waals surface area contributed by atoms with Gasteiger partial charge in [0.1, 0.15) is 5.75 Å². The zero-order valence-electron chi connectivity index (χ0n) is 12.3. The average molecular weight is 274 g/mol. The van der Waals surface area contributed by atoms with Crippen LogP contribution in [0.2, 0.25) is 0 Å². The summed E-state index contributed by atoms with van der Waals surface area (Å²) in [6.07, 6.45) is 3.90. The third kappa shape index (κ3) is 3.82. The third-order valence-corrected chi connectivity index (χ3v) is 3.24. The van der Waals surface area contributed by atoms with Gasteiger partial charge < -0.3 is 15.4 Å². The maximum atomic E-state index is 6.26. The summed E-state index contributed by atoms with van der Waals surface area (Å²) in [5.41, 5.74) is 8.53. The molecule has 1 aromatic carbocycles. The Bertz CT molecular complexity index is 552. The molecule has 0 saturated carbocycles. The van der Waals surface area contributed by atoms with E-state index < -0.39 is 0 Å². The van der Waals surface area contributed by atoms with E-state index in [1.54, 1.807) is 7.11 Å². The van der Waals surface area contributed by atoms with Gasteiger partial charge >= 0.3 is 0 Å². The highest BCUT2D eigenvalue weighted by Gasteiger charge is 2.11. The highest BCUT2D eigenvalue weighted by Crippen LogP contribution is 2.18. The summed E-state index contributed by atoms with van der Waals surface area (Å²) in [6, 6.07) is 7.88. The second kappa shape index (κ2) is 6.54. The summed E-state index contributed by atoms with van der Waals surface area (Å²) in [4.78, 5) is 2.20. The topological polar surface area (TPSA) is 56.3 Å². The van der Waals surface area contributed by atoms with Crippen LogP contribution in [0, 0.1) is 0 Å². The molecule has 5 nitrogen and oxygen atoms in total. The smallest absolute Gasteiger partial charge is 0.119 e. The first-order chi connectivity index (χ1) is 9.58. The molecule has 1 heterocycles. The van der Waals surface area contributed by atoms with Crippen molar-refractivity contribution < 1.29 is 4.74 Å². The molecule has 2 N–H and O–H groups in total. The summed E-state index contributed by atoms with van der Waals surface area (Å²) < 4.78 is 7.04. The zero-order valence-corrected chi connectivity index (χ0v) is 12.3. The molecule has 0 radical (unpaired) electrons. The summed E-state index contributed by atoms with van der Waals surface area (Å²) in [5.74, 6) is 0.841. The normalized spacial score (nSPS) is 12.7. The van der Waals surface area contributed by atoms with Crippen LogP contribution in [-0.2, 0) is 13.6 Å². The standard InChI is InChI=1S/C15H22N4O/c1-18(9-12-8-17-19(2)10-12)11-15(16)13-5-4-6-14(7-13)20-3/h4-8,10,15H,9,11,16H2,1-3H3. The summed E-state index contributed by atoms with van der Waals surface area (Å²) in [7, 11) is 5.65. The van der Waals surface area contributed by atoms with Crippen LogP contribution < -0.4 is 10.5 Å². The summed E-state index contributed by atoms with van der Waals surface area (Å²) in [5, 5.41) is 4.17. The third-order valence-electron chi connectivity index (χ3n) is 3.24. The Morgan fingerprint density at radius 3 is 2.90 bits per heavy atom. The lowest BCUT2D eigenvalue weighted by Gasteiger charge is -2.21. The Morgan fingerprint density at radius 1 is 1.45 bits per heavy atom. The molecule has 20 heavy (non-hydrogen) atoms. The molecule has 0 spiro atoms. The van der Waals surface area contributed by atoms with Crippen molar-refractivity contribution in [3.8, 4) is 5.75 Å². The minimum absolute atomic E-state index is 0.0354. The van der Waals surface area contributed by atoms with Gasteiger partial charge in [-0.2, -0.15) is 5.10 Å². The first-order valence-electron chi connectivity index (χ1n) is 6.64. The Hall–Kier alpha value is -1.85. The van der Waals surface area contributed by atoms with Crippen LogP contribution >= 0.6 is 0 Å². The Labute approximate surface area is 119 Å². The number of hydrogen-bond donors (Lipinski definition) is 1. The lowest BCUT2D eigenvalue weighted by atomic mass is 10.1. The van der Waals surface area contributed by atoms with Gasteiger partial charge in [-0.15, -0.1) is 0 Å². The van der Waals surface area contributed by atoms with E-state index in [2.05, 4.69) is 17.0 Å². The average Bonchev–Trinajstić information content (AvgIpc) is 2.83. The fraction of sp³-hybridized carbons (Fsp3) is 0.400. The van der Waals surface area contributed by atoms with Crippen molar-refractivity contribution in [1.29, 1.82) is 0 Å². The zero-order chi connectivity index (χ0) is 14.5. The van der Waals surface area contributed by atoms with Crippen molar-refractivity contribution in [2.45, 2.75) is 12.6 Å². The largest absolute Gasteiger partial charge is 0.497 e. The van der Waals surface area contributed by atoms with E-state index >= 15 is 0 Å². The lowest BCUT2D eigenvalue weighted by molar-refractivity contribution is 0.305. The van der Waals surface area contributed by atoms with Crippen LogP contribution in [0.5, 0.6) is 5.75 Å². The SMILES string of the molecule is COc1cccc(C(N)CN(C)Cc2cnn(C)c2)c1. The quantitative estimate of drug-likeness (QED) is 0.868. The number of nitrogens with two attached hydrogens (primary N) is 1. The number of methoxy groups -OCH3 is 1. The molecule has 0 amide bonds. The summed E-state index contributed by atoms with van der Waals surface area (Å²) in [6.45, 7) is 1.62. The van der Waals surface area contributed by atoms with Gasteiger partial charge in [-0.05, 0) is 24.7 Å². The molecule has 0 bridgehead atoms. The van der Waals surface area contributed by atoms with Gasteiger partial charge in [-0.25, -0.2) is 0 Å². The maximum absolute atomic E-state index is 6.26. The molecule has 108 valence electrons. The minimum Gasteiger partial charge on any atom is -0.497 e. The fourth-order valence-corrected chi connectivity index (χ4v) is 2.24. The van der Waals surface area contributed by atoms with E-state index in [9.17, 15) is 0 Å². The van der Waals surface area contributed by atoms with Crippen molar-refractivity contribution in [3.05, 3.63) is 47.8 Å². The number of nitrogens with zero attached hydrogens (tertiary/aromatic N) is 3. The van der Waals surface area contributed by atoms with Gasteiger partial charge in [0.25, 0.3) is 0 Å². The molecule has 1 atom stereocenters. The molecule has 0 aliphatic rings. The van der Waals surface area contributed by atoms with E-state index in [1.807, 2.05) is 48.4 Å². The lowest BCUT2D eigenvalue weighted by Crippen LogP contribution is -2.28. The molecular weight excluding hydrogens is 252 g/mol. The number of aromatic nitrogens is 2. The molecule has 1 aromatic heterocycles. The van der Waals surface area contributed by atoms with Gasteiger partial charge in [-0.1, -0.05) is 12.1 Å². The minimum atomic E-state index is -0.0354. The van der Waals surface area contributed by atoms with Crippen molar-refractivity contribution in [1.82, 2.24) is 14.7 Å². The molecule has 0 saturated heterocycles. The van der Waals surface area contributed by atoms with Crippen LogP contribution in [0.1, 0.15) is 17.2 Å². The Morgan fingerprint density at radius 2 is 2.25 bits per heavy atom. The maximum Gasteiger partial charge on any atom is 0.119 e. The van der Waals surface area contributed by atoms with Crippen molar-refractivity contribution in [2.24, 2.45) is 12.8 Å². The highest BCUT2D eigenvalue weighted by molar-refractivity contribution is 5.30. The van der Waals surface area contributed by atoms with E-state index in [0.29, 0.717) is 0 Å². The number of hydrogen-bond acceptors (Lipinski definition) is 4.